The normalized spacial score (nSPS) is 21.4. The number of amides is 4. The van der Waals surface area contributed by atoms with E-state index >= 15 is 0 Å². The number of halogens is 1. The maximum atomic E-state index is 12.0. The number of nitrogens with one attached hydrogen (secondary N) is 2. The van der Waals surface area contributed by atoms with E-state index in [-0.39, 0.29) is 18.4 Å². The molecule has 0 spiro atoms. The van der Waals surface area contributed by atoms with Gasteiger partial charge < -0.3 is 10.2 Å². The maximum absolute atomic E-state index is 12.0. The Morgan fingerprint density at radius 2 is 1.95 bits per heavy atom. The van der Waals surface area contributed by atoms with Crippen molar-refractivity contribution >= 4 is 35.1 Å². The molecule has 0 aromatic heterocycles. The van der Waals surface area contributed by atoms with E-state index in [9.17, 15) is 14.4 Å². The average Bonchev–Trinajstić information content (AvgIpc) is 2.65. The van der Waals surface area contributed by atoms with Crippen molar-refractivity contribution in [3.05, 3.63) is 29.3 Å². The number of benzene rings is 1. The first-order valence-electron chi connectivity index (χ1n) is 6.55. The molecule has 0 saturated carbocycles. The van der Waals surface area contributed by atoms with Crippen LogP contribution in [0.15, 0.2) is 24.3 Å². The minimum absolute atomic E-state index is 0.190. The van der Waals surface area contributed by atoms with Crippen molar-refractivity contribution in [2.45, 2.75) is 25.8 Å². The molecule has 2 N–H and O–H groups in total. The molecule has 0 aliphatic carbocycles. The van der Waals surface area contributed by atoms with Crippen LogP contribution >= 0.6 is 11.6 Å². The van der Waals surface area contributed by atoms with Gasteiger partial charge in [-0.3, -0.25) is 14.9 Å². The number of hydrogen-bond acceptors (Lipinski definition) is 3. The highest BCUT2D eigenvalue weighted by Crippen LogP contribution is 2.25. The van der Waals surface area contributed by atoms with Crippen molar-refractivity contribution in [2.24, 2.45) is 0 Å². The van der Waals surface area contributed by atoms with Crippen LogP contribution in [0.2, 0.25) is 5.02 Å². The predicted molar refractivity (Wildman–Crippen MR) is 79.0 cm³/mol. The SMILES string of the molecule is CCC1(C)C(=O)NC(=O)N1CC(=O)Nc1ccc(Cl)cc1. The molecule has 1 aromatic rings. The van der Waals surface area contributed by atoms with E-state index < -0.39 is 11.6 Å². The molecule has 1 atom stereocenters. The second kappa shape index (κ2) is 5.73. The van der Waals surface area contributed by atoms with E-state index in [0.717, 1.165) is 0 Å². The lowest BCUT2D eigenvalue weighted by molar-refractivity contribution is -0.127. The lowest BCUT2D eigenvalue weighted by Crippen LogP contribution is -2.49. The van der Waals surface area contributed by atoms with Gasteiger partial charge in [-0.25, -0.2) is 4.79 Å². The Labute approximate surface area is 127 Å². The molecule has 1 saturated heterocycles. The molecule has 2 rings (SSSR count). The third kappa shape index (κ3) is 3.00. The summed E-state index contributed by atoms with van der Waals surface area (Å²) in [6.45, 7) is 3.25. The molecule has 1 heterocycles. The number of carbonyl (C=O) groups is 3. The molecule has 1 aliphatic rings. The topological polar surface area (TPSA) is 78.5 Å². The monoisotopic (exact) mass is 309 g/mol. The van der Waals surface area contributed by atoms with Crippen LogP contribution in [0.4, 0.5) is 10.5 Å². The van der Waals surface area contributed by atoms with E-state index in [4.69, 9.17) is 11.6 Å². The lowest BCUT2D eigenvalue weighted by atomic mass is 9.97. The molecular formula is C14H16ClN3O3. The van der Waals surface area contributed by atoms with Gasteiger partial charge in [0.2, 0.25) is 5.91 Å². The minimum atomic E-state index is -0.992. The molecule has 0 bridgehead atoms. The largest absolute Gasteiger partial charge is 0.325 e. The standard InChI is InChI=1S/C14H16ClN3O3/c1-3-14(2)12(20)17-13(21)18(14)8-11(19)16-10-6-4-9(15)5-7-10/h4-7H,3,8H2,1-2H3,(H,16,19)(H,17,20,21). The summed E-state index contributed by atoms with van der Waals surface area (Å²) in [5.41, 5.74) is -0.414. The first-order chi connectivity index (χ1) is 9.86. The zero-order valence-corrected chi connectivity index (χ0v) is 12.5. The first kappa shape index (κ1) is 15.3. The third-order valence-corrected chi connectivity index (χ3v) is 3.92. The van der Waals surface area contributed by atoms with Gasteiger partial charge in [-0.15, -0.1) is 0 Å². The fourth-order valence-corrected chi connectivity index (χ4v) is 2.25. The van der Waals surface area contributed by atoms with Crippen molar-refractivity contribution in [2.75, 3.05) is 11.9 Å². The second-order valence-electron chi connectivity index (χ2n) is 5.03. The van der Waals surface area contributed by atoms with Gasteiger partial charge in [0.15, 0.2) is 0 Å². The Hall–Kier alpha value is -2.08. The molecule has 1 aromatic carbocycles. The van der Waals surface area contributed by atoms with Crippen molar-refractivity contribution in [1.29, 1.82) is 0 Å². The highest BCUT2D eigenvalue weighted by molar-refractivity contribution is 6.30. The first-order valence-corrected chi connectivity index (χ1v) is 6.93. The van der Waals surface area contributed by atoms with Gasteiger partial charge in [-0.05, 0) is 37.6 Å². The van der Waals surface area contributed by atoms with Crippen molar-refractivity contribution in [3.8, 4) is 0 Å². The number of imide groups is 1. The van der Waals surface area contributed by atoms with Gasteiger partial charge in [0.1, 0.15) is 12.1 Å². The predicted octanol–water partition coefficient (Wildman–Crippen LogP) is 2.00. The van der Waals surface area contributed by atoms with Crippen molar-refractivity contribution < 1.29 is 14.4 Å². The Morgan fingerprint density at radius 3 is 2.52 bits per heavy atom. The Balaban J connectivity index is 2.06. The molecule has 7 heteroatoms. The molecule has 112 valence electrons. The van der Waals surface area contributed by atoms with Crippen LogP contribution in [0, 0.1) is 0 Å². The number of urea groups is 1. The van der Waals surface area contributed by atoms with Gasteiger partial charge in [-0.2, -0.15) is 0 Å². The smallest absolute Gasteiger partial charge is 0.325 e. The molecular weight excluding hydrogens is 294 g/mol. The van der Waals surface area contributed by atoms with E-state index in [2.05, 4.69) is 10.6 Å². The van der Waals surface area contributed by atoms with E-state index in [1.54, 1.807) is 38.1 Å². The third-order valence-electron chi connectivity index (χ3n) is 3.67. The van der Waals surface area contributed by atoms with Crippen LogP contribution in [0.25, 0.3) is 0 Å². The number of rotatable bonds is 4. The van der Waals surface area contributed by atoms with Gasteiger partial charge in [-0.1, -0.05) is 18.5 Å². The average molecular weight is 310 g/mol. The lowest BCUT2D eigenvalue weighted by Gasteiger charge is -2.30. The van der Waals surface area contributed by atoms with Crippen LogP contribution in [0.3, 0.4) is 0 Å². The Bertz CT molecular complexity index is 588. The molecule has 1 fully saturated rings. The van der Waals surface area contributed by atoms with Crippen molar-refractivity contribution in [3.63, 3.8) is 0 Å². The van der Waals surface area contributed by atoms with Gasteiger partial charge >= 0.3 is 6.03 Å². The summed E-state index contributed by atoms with van der Waals surface area (Å²) in [4.78, 5) is 36.9. The molecule has 4 amide bonds. The molecule has 1 unspecified atom stereocenters. The molecule has 21 heavy (non-hydrogen) atoms. The number of nitrogens with zero attached hydrogens (tertiary/aromatic N) is 1. The number of carbonyl (C=O) groups excluding carboxylic acids is 3. The van der Waals surface area contributed by atoms with Gasteiger partial charge in [0.25, 0.3) is 5.91 Å². The fraction of sp³-hybridized carbons (Fsp3) is 0.357. The Morgan fingerprint density at radius 1 is 1.33 bits per heavy atom. The summed E-state index contributed by atoms with van der Waals surface area (Å²) in [6.07, 6.45) is 0.429. The maximum Gasteiger partial charge on any atom is 0.325 e. The van der Waals surface area contributed by atoms with Crippen LogP contribution in [0.1, 0.15) is 20.3 Å². The molecule has 0 radical (unpaired) electrons. The van der Waals surface area contributed by atoms with E-state index in [0.29, 0.717) is 17.1 Å². The minimum Gasteiger partial charge on any atom is -0.325 e. The summed E-state index contributed by atoms with van der Waals surface area (Å²) >= 11 is 5.77. The summed E-state index contributed by atoms with van der Waals surface area (Å²) < 4.78 is 0. The molecule has 1 aliphatic heterocycles. The summed E-state index contributed by atoms with van der Waals surface area (Å²) in [6, 6.07) is 6.08. The van der Waals surface area contributed by atoms with Crippen LogP contribution < -0.4 is 10.6 Å². The number of hydrogen-bond donors (Lipinski definition) is 2. The zero-order valence-electron chi connectivity index (χ0n) is 11.8. The summed E-state index contributed by atoms with van der Waals surface area (Å²) in [5.74, 6) is -0.754. The summed E-state index contributed by atoms with van der Waals surface area (Å²) in [7, 11) is 0. The van der Waals surface area contributed by atoms with E-state index in [1.807, 2.05) is 0 Å². The highest BCUT2D eigenvalue weighted by Gasteiger charge is 2.48. The Kier molecular flexibility index (Phi) is 4.18. The second-order valence-corrected chi connectivity index (χ2v) is 5.46. The number of anilines is 1. The van der Waals surface area contributed by atoms with Gasteiger partial charge in [0.05, 0.1) is 0 Å². The van der Waals surface area contributed by atoms with Crippen LogP contribution in [-0.2, 0) is 9.59 Å². The highest BCUT2D eigenvalue weighted by atomic mass is 35.5. The fourth-order valence-electron chi connectivity index (χ4n) is 2.12. The van der Waals surface area contributed by atoms with Crippen molar-refractivity contribution in [1.82, 2.24) is 10.2 Å². The summed E-state index contributed by atoms with van der Waals surface area (Å²) in [5, 5.41) is 5.46. The molecule has 6 nitrogen and oxygen atoms in total. The zero-order chi connectivity index (χ0) is 15.6. The van der Waals surface area contributed by atoms with Crippen LogP contribution in [-0.4, -0.2) is 34.8 Å². The van der Waals surface area contributed by atoms with E-state index in [1.165, 1.54) is 4.90 Å². The van der Waals surface area contributed by atoms with Crippen LogP contribution in [0.5, 0.6) is 0 Å². The quantitative estimate of drug-likeness (QED) is 0.835. The van der Waals surface area contributed by atoms with Gasteiger partial charge in [0, 0.05) is 10.7 Å².